The molecule has 0 saturated heterocycles. The van der Waals surface area contributed by atoms with Crippen molar-refractivity contribution in [2.45, 2.75) is 13.5 Å². The van der Waals surface area contributed by atoms with Crippen LogP contribution in [0.1, 0.15) is 21.5 Å². The number of aryl methyl sites for hydroxylation is 1. The number of rotatable bonds is 0. The zero-order valence-corrected chi connectivity index (χ0v) is 7.29. The summed E-state index contributed by atoms with van der Waals surface area (Å²) in [6.45, 7) is 2.74. The summed E-state index contributed by atoms with van der Waals surface area (Å²) in [5.41, 5.74) is 3.14. The number of amides is 1. The van der Waals surface area contributed by atoms with Crippen molar-refractivity contribution in [1.29, 1.82) is 0 Å². The van der Waals surface area contributed by atoms with E-state index in [1.165, 1.54) is 0 Å². The van der Waals surface area contributed by atoms with Gasteiger partial charge in [-0.2, -0.15) is 0 Å². The molecule has 1 aliphatic rings. The third kappa shape index (κ3) is 0.843. The highest BCUT2D eigenvalue weighted by Gasteiger charge is 2.25. The second kappa shape index (κ2) is 2.34. The Morgan fingerprint density at radius 1 is 1.42 bits per heavy atom. The zero-order chi connectivity index (χ0) is 8.72. The van der Waals surface area contributed by atoms with Gasteiger partial charge in [-0.1, -0.05) is 18.2 Å². The average Bonchev–Trinajstić information content (AvgIpc) is 2.29. The molecule has 1 aliphatic heterocycles. The third-order valence-corrected chi connectivity index (χ3v) is 2.33. The molecule has 0 aliphatic carbocycles. The highest BCUT2D eigenvalue weighted by Crippen LogP contribution is 2.23. The summed E-state index contributed by atoms with van der Waals surface area (Å²) in [5, 5.41) is 0. The summed E-state index contributed by atoms with van der Waals surface area (Å²) in [4.78, 5) is 13.3. The number of fused-ring (bicyclic) bond motifs is 1. The molecular weight excluding hydrogens is 150 g/mol. The van der Waals surface area contributed by atoms with Crippen molar-refractivity contribution in [2.24, 2.45) is 0 Å². The standard InChI is InChI=1S/C10H11NO/c1-7-4-3-5-8-6-11(2)10(12)9(7)8/h3-5H,6H2,1-2H3. The van der Waals surface area contributed by atoms with Crippen LogP contribution in [0.5, 0.6) is 0 Å². The number of nitrogens with zero attached hydrogens (tertiary/aromatic N) is 1. The van der Waals surface area contributed by atoms with Crippen molar-refractivity contribution in [1.82, 2.24) is 4.90 Å². The fourth-order valence-corrected chi connectivity index (χ4v) is 1.68. The van der Waals surface area contributed by atoms with Crippen LogP contribution >= 0.6 is 0 Å². The molecular formula is C10H11NO. The first-order valence-corrected chi connectivity index (χ1v) is 4.04. The monoisotopic (exact) mass is 161 g/mol. The molecule has 1 aromatic rings. The molecule has 62 valence electrons. The molecule has 2 nitrogen and oxygen atoms in total. The van der Waals surface area contributed by atoms with Gasteiger partial charge in [0.15, 0.2) is 0 Å². The van der Waals surface area contributed by atoms with Crippen molar-refractivity contribution in [3.8, 4) is 0 Å². The molecule has 0 unspecified atom stereocenters. The Labute approximate surface area is 71.8 Å². The smallest absolute Gasteiger partial charge is 0.254 e. The van der Waals surface area contributed by atoms with E-state index in [4.69, 9.17) is 0 Å². The van der Waals surface area contributed by atoms with Crippen LogP contribution in [0.25, 0.3) is 0 Å². The summed E-state index contributed by atoms with van der Waals surface area (Å²) in [5.74, 6) is 0.156. The highest BCUT2D eigenvalue weighted by molar-refractivity contribution is 5.99. The van der Waals surface area contributed by atoms with E-state index in [0.717, 1.165) is 23.2 Å². The van der Waals surface area contributed by atoms with Crippen LogP contribution in [0.15, 0.2) is 18.2 Å². The maximum Gasteiger partial charge on any atom is 0.254 e. The number of hydrogen-bond donors (Lipinski definition) is 0. The first kappa shape index (κ1) is 7.35. The van der Waals surface area contributed by atoms with E-state index >= 15 is 0 Å². The van der Waals surface area contributed by atoms with E-state index in [0.29, 0.717) is 0 Å². The Morgan fingerprint density at radius 3 is 2.83 bits per heavy atom. The maximum absolute atomic E-state index is 11.5. The van der Waals surface area contributed by atoms with Crippen LogP contribution in [0.4, 0.5) is 0 Å². The van der Waals surface area contributed by atoms with E-state index in [1.54, 1.807) is 4.90 Å². The molecule has 0 aromatic heterocycles. The van der Waals surface area contributed by atoms with Gasteiger partial charge in [-0.15, -0.1) is 0 Å². The topological polar surface area (TPSA) is 20.3 Å². The van der Waals surface area contributed by atoms with Crippen LogP contribution in [0, 0.1) is 6.92 Å². The van der Waals surface area contributed by atoms with Crippen LogP contribution in [0.2, 0.25) is 0 Å². The number of benzene rings is 1. The predicted octanol–water partition coefficient (Wildman–Crippen LogP) is 1.58. The van der Waals surface area contributed by atoms with E-state index in [-0.39, 0.29) is 5.91 Å². The Bertz CT molecular complexity index is 344. The molecule has 2 heteroatoms. The number of carbonyl (C=O) groups excluding carboxylic acids is 1. The fourth-order valence-electron chi connectivity index (χ4n) is 1.68. The lowest BCUT2D eigenvalue weighted by Gasteiger charge is -2.05. The van der Waals surface area contributed by atoms with Crippen molar-refractivity contribution in [3.05, 3.63) is 34.9 Å². The normalized spacial score (nSPS) is 15.2. The maximum atomic E-state index is 11.5. The molecule has 1 amide bonds. The minimum absolute atomic E-state index is 0.156. The molecule has 1 aromatic carbocycles. The summed E-state index contributed by atoms with van der Waals surface area (Å²) >= 11 is 0. The molecule has 0 radical (unpaired) electrons. The summed E-state index contributed by atoms with van der Waals surface area (Å²) in [6.07, 6.45) is 0. The third-order valence-electron chi connectivity index (χ3n) is 2.33. The largest absolute Gasteiger partial charge is 0.337 e. The second-order valence-corrected chi connectivity index (χ2v) is 3.27. The van der Waals surface area contributed by atoms with Gasteiger partial charge < -0.3 is 4.90 Å². The predicted molar refractivity (Wildman–Crippen MR) is 47.0 cm³/mol. The summed E-state index contributed by atoms with van der Waals surface area (Å²) in [6, 6.07) is 6.00. The Kier molecular flexibility index (Phi) is 1.43. The fraction of sp³-hybridized carbons (Fsp3) is 0.300. The van der Waals surface area contributed by atoms with E-state index in [9.17, 15) is 4.79 Å². The van der Waals surface area contributed by atoms with Crippen LogP contribution in [0.3, 0.4) is 0 Å². The first-order chi connectivity index (χ1) is 5.70. The Hall–Kier alpha value is -1.31. The highest BCUT2D eigenvalue weighted by atomic mass is 16.2. The molecule has 0 atom stereocenters. The molecule has 1 heterocycles. The second-order valence-electron chi connectivity index (χ2n) is 3.27. The minimum Gasteiger partial charge on any atom is -0.337 e. The molecule has 12 heavy (non-hydrogen) atoms. The van der Waals surface area contributed by atoms with Crippen molar-refractivity contribution in [2.75, 3.05) is 7.05 Å². The van der Waals surface area contributed by atoms with Gasteiger partial charge in [-0.3, -0.25) is 4.79 Å². The van der Waals surface area contributed by atoms with Gasteiger partial charge in [0.25, 0.3) is 5.91 Å². The van der Waals surface area contributed by atoms with Gasteiger partial charge >= 0.3 is 0 Å². The average molecular weight is 161 g/mol. The van der Waals surface area contributed by atoms with Crippen molar-refractivity contribution in [3.63, 3.8) is 0 Å². The van der Waals surface area contributed by atoms with Crippen molar-refractivity contribution < 1.29 is 4.79 Å². The zero-order valence-electron chi connectivity index (χ0n) is 7.29. The van der Waals surface area contributed by atoms with Crippen molar-refractivity contribution >= 4 is 5.91 Å². The molecule has 0 saturated carbocycles. The van der Waals surface area contributed by atoms with E-state index < -0.39 is 0 Å². The van der Waals surface area contributed by atoms with Gasteiger partial charge in [0.1, 0.15) is 0 Å². The Morgan fingerprint density at radius 2 is 2.17 bits per heavy atom. The first-order valence-electron chi connectivity index (χ1n) is 4.04. The molecule has 0 spiro atoms. The lowest BCUT2D eigenvalue weighted by Crippen LogP contribution is -2.17. The van der Waals surface area contributed by atoms with E-state index in [1.807, 2.05) is 32.2 Å². The van der Waals surface area contributed by atoms with Gasteiger partial charge in [-0.25, -0.2) is 0 Å². The summed E-state index contributed by atoms with van der Waals surface area (Å²) < 4.78 is 0. The number of hydrogen-bond acceptors (Lipinski definition) is 1. The minimum atomic E-state index is 0.156. The lowest BCUT2D eigenvalue weighted by molar-refractivity contribution is 0.0816. The molecule has 0 fully saturated rings. The molecule has 0 N–H and O–H groups in total. The lowest BCUT2D eigenvalue weighted by atomic mass is 10.0. The van der Waals surface area contributed by atoms with Gasteiger partial charge in [0.05, 0.1) is 0 Å². The molecule has 0 bridgehead atoms. The molecule has 2 rings (SSSR count). The quantitative estimate of drug-likeness (QED) is 0.565. The summed E-state index contributed by atoms with van der Waals surface area (Å²) in [7, 11) is 1.84. The van der Waals surface area contributed by atoms with Gasteiger partial charge in [-0.05, 0) is 18.1 Å². The SMILES string of the molecule is Cc1cccc2c1C(=O)N(C)C2. The van der Waals surface area contributed by atoms with Crippen LogP contribution < -0.4 is 0 Å². The van der Waals surface area contributed by atoms with Crippen LogP contribution in [-0.4, -0.2) is 17.9 Å². The van der Waals surface area contributed by atoms with E-state index in [2.05, 4.69) is 0 Å². The Balaban J connectivity index is 2.62. The van der Waals surface area contributed by atoms with Crippen LogP contribution in [-0.2, 0) is 6.54 Å². The van der Waals surface area contributed by atoms with Gasteiger partial charge in [0.2, 0.25) is 0 Å². The number of carbonyl (C=O) groups is 1. The van der Waals surface area contributed by atoms with Gasteiger partial charge in [0, 0.05) is 19.2 Å².